The molecule has 0 aliphatic heterocycles. The number of nitrogens with zero attached hydrogens (tertiary/aromatic N) is 1. The predicted molar refractivity (Wildman–Crippen MR) is 215 cm³/mol. The minimum Gasteiger partial charge on any atom is -0.481 e. The molecule has 10 heteroatoms. The zero-order valence-electron chi connectivity index (χ0n) is 34.2. The van der Waals surface area contributed by atoms with Gasteiger partial charge in [-0.25, -0.2) is 0 Å². The predicted octanol–water partition coefficient (Wildman–Crippen LogP) is 11.7. The highest BCUT2D eigenvalue weighted by atomic mass is 16.6. The van der Waals surface area contributed by atoms with E-state index in [1.54, 1.807) is 0 Å². The Morgan fingerprint density at radius 2 is 0.868 bits per heavy atom. The van der Waals surface area contributed by atoms with E-state index in [1.165, 1.54) is 148 Å². The Hall–Kier alpha value is -2.52. The lowest BCUT2D eigenvalue weighted by atomic mass is 10.0. The number of amides is 1. The summed E-state index contributed by atoms with van der Waals surface area (Å²) in [5.41, 5.74) is 0. The van der Waals surface area contributed by atoms with Gasteiger partial charge in [-0.1, -0.05) is 199 Å². The summed E-state index contributed by atoms with van der Waals surface area (Å²) in [5.74, 6) is -3.06. The Kier molecular flexibility index (Phi) is 37.3. The van der Waals surface area contributed by atoms with Crippen molar-refractivity contribution in [2.75, 3.05) is 13.2 Å². The minimum atomic E-state index is -1.60. The molecule has 0 saturated heterocycles. The molecular weight excluding hydrogens is 672 g/mol. The molecule has 10 nitrogen and oxygen atoms in total. The maximum absolute atomic E-state index is 12.6. The molecule has 0 aliphatic rings. The van der Waals surface area contributed by atoms with E-state index in [0.717, 1.165) is 38.5 Å². The van der Waals surface area contributed by atoms with E-state index < -0.39 is 42.4 Å². The Labute approximate surface area is 323 Å². The van der Waals surface area contributed by atoms with Crippen molar-refractivity contribution in [3.8, 4) is 0 Å². The van der Waals surface area contributed by atoms with E-state index in [0.29, 0.717) is 6.42 Å². The molecule has 0 saturated carbocycles. The van der Waals surface area contributed by atoms with Gasteiger partial charge in [0.05, 0.1) is 13.0 Å². The number of nitroso groups, excluding NO2 is 1. The number of esters is 2. The Bertz CT molecular complexity index is 900. The van der Waals surface area contributed by atoms with Gasteiger partial charge >= 0.3 is 17.9 Å². The van der Waals surface area contributed by atoms with Crippen molar-refractivity contribution in [3.63, 3.8) is 0 Å². The third-order valence-electron chi connectivity index (χ3n) is 10.00. The summed E-state index contributed by atoms with van der Waals surface area (Å²) in [6.07, 6.45) is 35.7. The zero-order chi connectivity index (χ0) is 39.0. The van der Waals surface area contributed by atoms with Crippen LogP contribution >= 0.6 is 0 Å². The number of carboxylic acid groups (broad SMARTS) is 1. The highest BCUT2D eigenvalue weighted by Gasteiger charge is 2.25. The molecule has 2 unspecified atom stereocenters. The van der Waals surface area contributed by atoms with Gasteiger partial charge in [-0.2, -0.15) is 0 Å². The summed E-state index contributed by atoms with van der Waals surface area (Å²) in [5, 5.41) is 14.0. The van der Waals surface area contributed by atoms with Crippen molar-refractivity contribution in [2.24, 2.45) is 5.18 Å². The molecule has 0 bridgehead atoms. The standard InChI is InChI=1S/C43H80N2O8/c1-3-5-7-9-11-13-15-17-19-21-23-25-27-29-31-33-41(48)52-37-38(36-44-43(50)39(45-51)35-40(46)47)53-42(49)34-32-30-28-26-24-22-20-18-16-14-12-10-8-6-4-2/h38-39H,3-37H2,1-2H3,(H,44,50)(H,46,47). The van der Waals surface area contributed by atoms with Crippen molar-refractivity contribution in [2.45, 2.75) is 238 Å². The van der Waals surface area contributed by atoms with Crippen LogP contribution in [0.5, 0.6) is 0 Å². The van der Waals surface area contributed by atoms with Gasteiger partial charge in [0.2, 0.25) is 5.91 Å². The van der Waals surface area contributed by atoms with E-state index >= 15 is 0 Å². The Morgan fingerprint density at radius 3 is 1.21 bits per heavy atom. The fraction of sp³-hybridized carbons (Fsp3) is 0.907. The van der Waals surface area contributed by atoms with Crippen molar-refractivity contribution >= 4 is 23.8 Å². The minimum absolute atomic E-state index is 0.216. The highest BCUT2D eigenvalue weighted by molar-refractivity contribution is 5.86. The van der Waals surface area contributed by atoms with Gasteiger partial charge in [-0.15, -0.1) is 4.91 Å². The first-order chi connectivity index (χ1) is 25.8. The van der Waals surface area contributed by atoms with Crippen LogP contribution in [-0.4, -0.2) is 54.2 Å². The number of hydrogen-bond donors (Lipinski definition) is 2. The molecule has 2 N–H and O–H groups in total. The van der Waals surface area contributed by atoms with Gasteiger partial charge in [-0.3, -0.25) is 19.2 Å². The number of nitrogens with one attached hydrogen (secondary N) is 1. The third-order valence-corrected chi connectivity index (χ3v) is 10.00. The van der Waals surface area contributed by atoms with Crippen molar-refractivity contribution in [3.05, 3.63) is 4.91 Å². The van der Waals surface area contributed by atoms with Crippen LogP contribution in [0.2, 0.25) is 0 Å². The van der Waals surface area contributed by atoms with Crippen LogP contribution in [0.25, 0.3) is 0 Å². The van der Waals surface area contributed by atoms with E-state index in [4.69, 9.17) is 14.6 Å². The molecule has 53 heavy (non-hydrogen) atoms. The lowest BCUT2D eigenvalue weighted by Crippen LogP contribution is -2.42. The van der Waals surface area contributed by atoms with Gasteiger partial charge in [0.15, 0.2) is 12.1 Å². The smallest absolute Gasteiger partial charge is 0.306 e. The Balaban J connectivity index is 4.26. The van der Waals surface area contributed by atoms with E-state index in [2.05, 4.69) is 24.3 Å². The summed E-state index contributed by atoms with van der Waals surface area (Å²) < 4.78 is 10.9. The zero-order valence-corrected chi connectivity index (χ0v) is 34.2. The average Bonchev–Trinajstić information content (AvgIpc) is 3.14. The van der Waals surface area contributed by atoms with Crippen LogP contribution in [0.3, 0.4) is 0 Å². The van der Waals surface area contributed by atoms with Crippen LogP contribution in [0.15, 0.2) is 5.18 Å². The van der Waals surface area contributed by atoms with Gasteiger partial charge < -0.3 is 19.9 Å². The first-order valence-corrected chi connectivity index (χ1v) is 22.0. The normalized spacial score (nSPS) is 12.3. The maximum Gasteiger partial charge on any atom is 0.306 e. The Morgan fingerprint density at radius 1 is 0.528 bits per heavy atom. The summed E-state index contributed by atoms with van der Waals surface area (Å²) in [7, 11) is 0. The fourth-order valence-electron chi connectivity index (χ4n) is 6.59. The first kappa shape index (κ1) is 50.5. The van der Waals surface area contributed by atoms with Crippen molar-refractivity contribution in [1.82, 2.24) is 5.32 Å². The van der Waals surface area contributed by atoms with E-state index in [-0.39, 0.29) is 26.0 Å². The van der Waals surface area contributed by atoms with Crippen LogP contribution < -0.4 is 5.32 Å². The van der Waals surface area contributed by atoms with Crippen molar-refractivity contribution < 1.29 is 33.8 Å². The second-order valence-corrected chi connectivity index (χ2v) is 15.2. The second-order valence-electron chi connectivity index (χ2n) is 15.2. The molecule has 310 valence electrons. The quantitative estimate of drug-likeness (QED) is 0.0356. The lowest BCUT2D eigenvalue weighted by Gasteiger charge is -2.19. The number of carbonyl (C=O) groups is 4. The number of carbonyl (C=O) groups excluding carboxylic acids is 3. The number of unbranched alkanes of at least 4 members (excludes halogenated alkanes) is 28. The van der Waals surface area contributed by atoms with Gasteiger partial charge in [0.25, 0.3) is 0 Å². The molecule has 0 radical (unpaired) electrons. The summed E-state index contributed by atoms with van der Waals surface area (Å²) in [4.78, 5) is 59.3. The van der Waals surface area contributed by atoms with Crippen molar-refractivity contribution in [1.29, 1.82) is 0 Å². The molecule has 0 aliphatic carbocycles. The molecule has 0 heterocycles. The molecule has 0 rings (SSSR count). The molecule has 1 amide bonds. The SMILES string of the molecule is CCCCCCCCCCCCCCCCCC(=O)OCC(CNC(=O)C(CC(=O)O)N=O)OC(=O)CCCCCCCCCCCCCCCCC. The van der Waals surface area contributed by atoms with E-state index in [9.17, 15) is 24.1 Å². The second kappa shape index (κ2) is 39.2. The molecule has 2 atom stereocenters. The van der Waals surface area contributed by atoms with Gasteiger partial charge in [0.1, 0.15) is 6.61 Å². The van der Waals surface area contributed by atoms with E-state index in [1.807, 2.05) is 0 Å². The molecule has 0 fully saturated rings. The molecule has 0 aromatic carbocycles. The fourth-order valence-corrected chi connectivity index (χ4v) is 6.59. The molecular formula is C43H80N2O8. The maximum atomic E-state index is 12.6. The van der Waals surface area contributed by atoms with Crippen LogP contribution in [0.1, 0.15) is 226 Å². The monoisotopic (exact) mass is 753 g/mol. The van der Waals surface area contributed by atoms with Crippen LogP contribution in [0, 0.1) is 4.91 Å². The van der Waals surface area contributed by atoms with Crippen LogP contribution in [-0.2, 0) is 28.7 Å². The molecule has 0 aromatic heterocycles. The number of aliphatic carboxylic acids is 1. The van der Waals surface area contributed by atoms with Crippen LogP contribution in [0.4, 0.5) is 0 Å². The number of hydrogen-bond acceptors (Lipinski definition) is 8. The summed E-state index contributed by atoms with van der Waals surface area (Å²) in [6, 6.07) is -1.60. The average molecular weight is 753 g/mol. The lowest BCUT2D eigenvalue weighted by molar-refractivity contribution is -0.159. The van der Waals surface area contributed by atoms with Gasteiger partial charge in [-0.05, 0) is 12.8 Å². The highest BCUT2D eigenvalue weighted by Crippen LogP contribution is 2.16. The molecule has 0 spiro atoms. The number of rotatable bonds is 41. The van der Waals surface area contributed by atoms with Gasteiger partial charge in [0, 0.05) is 12.8 Å². The topological polar surface area (TPSA) is 148 Å². The largest absolute Gasteiger partial charge is 0.481 e. The number of carboxylic acids is 1. The summed E-state index contributed by atoms with van der Waals surface area (Å²) >= 11 is 0. The first-order valence-electron chi connectivity index (χ1n) is 22.0. The third kappa shape index (κ3) is 36.2. The number of ether oxygens (including phenoxy) is 2. The molecule has 0 aromatic rings. The summed E-state index contributed by atoms with van der Waals surface area (Å²) in [6.45, 7) is 4.05.